The molecule has 2 aromatic rings. The van der Waals surface area contributed by atoms with Crippen LogP contribution in [0.2, 0.25) is 0 Å². The van der Waals surface area contributed by atoms with Gasteiger partial charge in [-0.25, -0.2) is 4.68 Å². The van der Waals surface area contributed by atoms with E-state index < -0.39 is 0 Å². The molecule has 1 fully saturated rings. The summed E-state index contributed by atoms with van der Waals surface area (Å²) in [5.74, 6) is 0.0742. The van der Waals surface area contributed by atoms with Crippen LogP contribution in [0.5, 0.6) is 0 Å². The number of carbonyl (C=O) groups is 2. The summed E-state index contributed by atoms with van der Waals surface area (Å²) in [6.45, 7) is 0.573. The molecule has 5 nitrogen and oxygen atoms in total. The first kappa shape index (κ1) is 14.5. The molecule has 0 saturated heterocycles. The molecular weight excluding hydrogens is 278 g/mol. The molecule has 1 N–H and O–H groups in total. The van der Waals surface area contributed by atoms with Crippen molar-refractivity contribution in [2.75, 3.05) is 6.54 Å². The van der Waals surface area contributed by atoms with Crippen LogP contribution in [-0.4, -0.2) is 28.0 Å². The smallest absolute Gasteiger partial charge is 0.223 e. The highest BCUT2D eigenvalue weighted by atomic mass is 16.2. The molecule has 1 atom stereocenters. The normalized spacial score (nSPS) is 17.6. The molecular formula is C17H19N3O2. The molecule has 0 radical (unpaired) electrons. The summed E-state index contributed by atoms with van der Waals surface area (Å²) in [6.07, 6.45) is 6.16. The van der Waals surface area contributed by atoms with E-state index >= 15 is 0 Å². The van der Waals surface area contributed by atoms with Gasteiger partial charge in [0.2, 0.25) is 5.91 Å². The highest BCUT2D eigenvalue weighted by Gasteiger charge is 2.27. The first-order valence-corrected chi connectivity index (χ1v) is 7.61. The molecule has 22 heavy (non-hydrogen) atoms. The minimum absolute atomic E-state index is 0.00120. The SMILES string of the molecule is O=C1CCC(C(=O)NCCc2cnn(-c3ccccc3)c2)C1. The fourth-order valence-electron chi connectivity index (χ4n) is 2.72. The predicted molar refractivity (Wildman–Crippen MR) is 82.6 cm³/mol. The number of nitrogens with zero attached hydrogens (tertiary/aromatic N) is 2. The second-order valence-corrected chi connectivity index (χ2v) is 5.65. The van der Waals surface area contributed by atoms with E-state index in [4.69, 9.17) is 0 Å². The first-order chi connectivity index (χ1) is 10.7. The van der Waals surface area contributed by atoms with Crippen LogP contribution >= 0.6 is 0 Å². The van der Waals surface area contributed by atoms with Gasteiger partial charge in [-0.1, -0.05) is 18.2 Å². The molecule has 1 amide bonds. The van der Waals surface area contributed by atoms with Gasteiger partial charge in [0.15, 0.2) is 0 Å². The van der Waals surface area contributed by atoms with Crippen molar-refractivity contribution in [2.24, 2.45) is 5.92 Å². The Balaban J connectivity index is 1.49. The van der Waals surface area contributed by atoms with Crippen LogP contribution in [0.25, 0.3) is 5.69 Å². The Morgan fingerprint density at radius 2 is 2.14 bits per heavy atom. The minimum atomic E-state index is -0.125. The lowest BCUT2D eigenvalue weighted by Crippen LogP contribution is -2.31. The van der Waals surface area contributed by atoms with Gasteiger partial charge in [-0.2, -0.15) is 5.10 Å². The van der Waals surface area contributed by atoms with E-state index in [2.05, 4.69) is 10.4 Å². The lowest BCUT2D eigenvalue weighted by atomic mass is 10.1. The maximum atomic E-state index is 11.9. The summed E-state index contributed by atoms with van der Waals surface area (Å²) >= 11 is 0. The Morgan fingerprint density at radius 1 is 1.32 bits per heavy atom. The zero-order valence-electron chi connectivity index (χ0n) is 12.4. The van der Waals surface area contributed by atoms with Crippen LogP contribution in [0.1, 0.15) is 24.8 Å². The Labute approximate surface area is 129 Å². The third-order valence-corrected chi connectivity index (χ3v) is 3.99. The maximum absolute atomic E-state index is 11.9. The largest absolute Gasteiger partial charge is 0.356 e. The van der Waals surface area contributed by atoms with Gasteiger partial charge in [0.05, 0.1) is 11.9 Å². The van der Waals surface area contributed by atoms with Gasteiger partial charge in [-0.3, -0.25) is 9.59 Å². The molecule has 0 aliphatic heterocycles. The predicted octanol–water partition coefficient (Wildman–Crippen LogP) is 1.90. The van der Waals surface area contributed by atoms with Gasteiger partial charge < -0.3 is 5.32 Å². The van der Waals surface area contributed by atoms with Crippen molar-refractivity contribution in [2.45, 2.75) is 25.7 Å². The fraction of sp³-hybridized carbons (Fsp3) is 0.353. The van der Waals surface area contributed by atoms with E-state index in [1.807, 2.05) is 47.4 Å². The standard InChI is InChI=1S/C17H19N3O2/c21-16-7-6-14(10-16)17(22)18-9-8-13-11-19-20(12-13)15-4-2-1-3-5-15/h1-5,11-12,14H,6-10H2,(H,18,22). The van der Waals surface area contributed by atoms with Crippen molar-refractivity contribution in [3.63, 3.8) is 0 Å². The molecule has 0 bridgehead atoms. The van der Waals surface area contributed by atoms with Crippen molar-refractivity contribution in [3.8, 4) is 5.69 Å². The van der Waals surface area contributed by atoms with E-state index in [1.54, 1.807) is 0 Å². The lowest BCUT2D eigenvalue weighted by Gasteiger charge is -2.08. The van der Waals surface area contributed by atoms with Crippen LogP contribution in [0, 0.1) is 5.92 Å². The summed E-state index contributed by atoms with van der Waals surface area (Å²) in [5.41, 5.74) is 2.09. The number of carbonyl (C=O) groups excluding carboxylic acids is 2. The summed E-state index contributed by atoms with van der Waals surface area (Å²) in [5, 5.41) is 7.25. The van der Waals surface area contributed by atoms with Crippen LogP contribution in [-0.2, 0) is 16.0 Å². The summed E-state index contributed by atoms with van der Waals surface area (Å²) in [7, 11) is 0. The number of ketones is 1. The molecule has 1 heterocycles. The van der Waals surface area contributed by atoms with Crippen LogP contribution in [0.4, 0.5) is 0 Å². The molecule has 1 saturated carbocycles. The number of para-hydroxylation sites is 1. The molecule has 1 aliphatic rings. The number of hydrogen-bond donors (Lipinski definition) is 1. The fourth-order valence-corrected chi connectivity index (χ4v) is 2.72. The van der Waals surface area contributed by atoms with Gasteiger partial charge in [-0.15, -0.1) is 0 Å². The zero-order valence-corrected chi connectivity index (χ0v) is 12.4. The van der Waals surface area contributed by atoms with Crippen molar-refractivity contribution in [1.82, 2.24) is 15.1 Å². The van der Waals surface area contributed by atoms with Crippen molar-refractivity contribution >= 4 is 11.7 Å². The van der Waals surface area contributed by atoms with Gasteiger partial charge in [0.1, 0.15) is 5.78 Å². The molecule has 0 spiro atoms. The topological polar surface area (TPSA) is 64.0 Å². The Morgan fingerprint density at radius 3 is 2.86 bits per heavy atom. The lowest BCUT2D eigenvalue weighted by molar-refractivity contribution is -0.126. The number of benzene rings is 1. The third-order valence-electron chi connectivity index (χ3n) is 3.99. The number of amides is 1. The summed E-state index contributed by atoms with van der Waals surface area (Å²) < 4.78 is 1.83. The molecule has 3 rings (SSSR count). The monoisotopic (exact) mass is 297 g/mol. The van der Waals surface area contributed by atoms with Crippen molar-refractivity contribution < 1.29 is 9.59 Å². The molecule has 1 aliphatic carbocycles. The Hall–Kier alpha value is -2.43. The number of Topliss-reactive ketones (excluding diaryl/α,β-unsaturated/α-hetero) is 1. The molecule has 1 aromatic heterocycles. The van der Waals surface area contributed by atoms with Crippen molar-refractivity contribution in [3.05, 3.63) is 48.3 Å². The second kappa shape index (κ2) is 6.56. The van der Waals surface area contributed by atoms with E-state index in [0.29, 0.717) is 25.8 Å². The highest BCUT2D eigenvalue weighted by molar-refractivity contribution is 5.89. The number of rotatable bonds is 5. The van der Waals surface area contributed by atoms with E-state index in [1.165, 1.54) is 0 Å². The van der Waals surface area contributed by atoms with Gasteiger partial charge in [0.25, 0.3) is 0 Å². The zero-order chi connectivity index (χ0) is 15.4. The molecule has 5 heteroatoms. The second-order valence-electron chi connectivity index (χ2n) is 5.65. The third kappa shape index (κ3) is 3.42. The van der Waals surface area contributed by atoms with Crippen LogP contribution in [0.15, 0.2) is 42.7 Å². The molecule has 1 unspecified atom stereocenters. The van der Waals surface area contributed by atoms with Crippen LogP contribution in [0.3, 0.4) is 0 Å². The van der Waals surface area contributed by atoms with Gasteiger partial charge >= 0.3 is 0 Å². The number of aromatic nitrogens is 2. The van der Waals surface area contributed by atoms with Gasteiger partial charge in [-0.05, 0) is 30.5 Å². The van der Waals surface area contributed by atoms with Gasteiger partial charge in [0, 0.05) is 31.5 Å². The summed E-state index contributed by atoms with van der Waals surface area (Å²) in [4.78, 5) is 23.1. The maximum Gasteiger partial charge on any atom is 0.223 e. The average molecular weight is 297 g/mol. The average Bonchev–Trinajstić information content (AvgIpc) is 3.17. The quantitative estimate of drug-likeness (QED) is 0.916. The number of hydrogen-bond acceptors (Lipinski definition) is 3. The van der Waals surface area contributed by atoms with E-state index in [-0.39, 0.29) is 17.6 Å². The Bertz CT molecular complexity index is 664. The minimum Gasteiger partial charge on any atom is -0.356 e. The molecule has 1 aromatic carbocycles. The van der Waals surface area contributed by atoms with E-state index in [0.717, 1.165) is 17.7 Å². The van der Waals surface area contributed by atoms with Crippen LogP contribution < -0.4 is 5.32 Å². The highest BCUT2D eigenvalue weighted by Crippen LogP contribution is 2.21. The molecule has 114 valence electrons. The Kier molecular flexibility index (Phi) is 4.32. The van der Waals surface area contributed by atoms with E-state index in [9.17, 15) is 9.59 Å². The first-order valence-electron chi connectivity index (χ1n) is 7.61. The summed E-state index contributed by atoms with van der Waals surface area (Å²) in [6, 6.07) is 9.90. The van der Waals surface area contributed by atoms with Crippen molar-refractivity contribution in [1.29, 1.82) is 0 Å². The number of nitrogens with one attached hydrogen (secondary N) is 1.